The van der Waals surface area contributed by atoms with Crippen LogP contribution in [0.1, 0.15) is 24.6 Å². The van der Waals surface area contributed by atoms with Crippen LogP contribution in [-0.4, -0.2) is 9.97 Å². The summed E-state index contributed by atoms with van der Waals surface area (Å²) in [5.74, 6) is 1.87. The molecule has 0 aliphatic rings. The average Bonchev–Trinajstić information content (AvgIpc) is 2.87. The van der Waals surface area contributed by atoms with E-state index in [-0.39, 0.29) is 6.04 Å². The van der Waals surface area contributed by atoms with E-state index in [1.165, 1.54) is 0 Å². The third-order valence-electron chi connectivity index (χ3n) is 2.10. The molecule has 0 amide bonds. The molecule has 14 heavy (non-hydrogen) atoms. The van der Waals surface area contributed by atoms with Gasteiger partial charge in [-0.25, -0.2) is 4.98 Å². The van der Waals surface area contributed by atoms with Crippen LogP contribution in [0, 0.1) is 0 Å². The fourth-order valence-electron chi connectivity index (χ4n) is 1.28. The van der Waals surface area contributed by atoms with Crippen molar-refractivity contribution in [3.05, 3.63) is 42.4 Å². The molecule has 0 spiro atoms. The standard InChI is InChI=1S/C10H13N3O/c1-8(9-3-2-6-14-9)13-7-10-11-4-5-12-10/h2-6,8,13H,7H2,1H3,(H,11,12)/t8-/m0/s1. The summed E-state index contributed by atoms with van der Waals surface area (Å²) in [6.45, 7) is 2.77. The van der Waals surface area contributed by atoms with Gasteiger partial charge in [-0.15, -0.1) is 0 Å². The third kappa shape index (κ3) is 2.03. The molecule has 4 heteroatoms. The molecular weight excluding hydrogens is 178 g/mol. The quantitative estimate of drug-likeness (QED) is 0.775. The highest BCUT2D eigenvalue weighted by molar-refractivity contribution is 5.03. The zero-order valence-electron chi connectivity index (χ0n) is 8.03. The summed E-state index contributed by atoms with van der Waals surface area (Å²) in [5.41, 5.74) is 0. The van der Waals surface area contributed by atoms with E-state index in [4.69, 9.17) is 4.42 Å². The second-order valence-corrected chi connectivity index (χ2v) is 3.15. The maximum Gasteiger partial charge on any atom is 0.120 e. The summed E-state index contributed by atoms with van der Waals surface area (Å²) in [6.07, 6.45) is 5.24. The lowest BCUT2D eigenvalue weighted by molar-refractivity contribution is 0.427. The van der Waals surface area contributed by atoms with Crippen LogP contribution in [0.5, 0.6) is 0 Å². The van der Waals surface area contributed by atoms with E-state index in [1.807, 2.05) is 18.3 Å². The molecule has 2 aromatic rings. The molecule has 0 aromatic carbocycles. The first-order chi connectivity index (χ1) is 6.86. The Kier molecular flexibility index (Phi) is 2.65. The van der Waals surface area contributed by atoms with Gasteiger partial charge in [0.25, 0.3) is 0 Å². The average molecular weight is 191 g/mol. The minimum absolute atomic E-state index is 0.204. The van der Waals surface area contributed by atoms with E-state index in [0.717, 1.165) is 18.1 Å². The van der Waals surface area contributed by atoms with Gasteiger partial charge in [0, 0.05) is 12.4 Å². The zero-order valence-corrected chi connectivity index (χ0v) is 8.03. The number of furan rings is 1. The van der Waals surface area contributed by atoms with Crippen molar-refractivity contribution in [3.63, 3.8) is 0 Å². The molecule has 4 nitrogen and oxygen atoms in total. The first-order valence-electron chi connectivity index (χ1n) is 4.61. The molecule has 0 aliphatic heterocycles. The summed E-state index contributed by atoms with van der Waals surface area (Å²) in [4.78, 5) is 7.15. The van der Waals surface area contributed by atoms with Crippen molar-refractivity contribution in [1.29, 1.82) is 0 Å². The Balaban J connectivity index is 1.87. The smallest absolute Gasteiger partial charge is 0.120 e. The Morgan fingerprint density at radius 1 is 1.64 bits per heavy atom. The third-order valence-corrected chi connectivity index (χ3v) is 2.10. The molecule has 0 unspecified atom stereocenters. The van der Waals surface area contributed by atoms with Crippen LogP contribution in [0.2, 0.25) is 0 Å². The number of H-pyrrole nitrogens is 1. The first-order valence-corrected chi connectivity index (χ1v) is 4.61. The van der Waals surface area contributed by atoms with Crippen LogP contribution >= 0.6 is 0 Å². The van der Waals surface area contributed by atoms with Gasteiger partial charge in [-0.2, -0.15) is 0 Å². The number of imidazole rings is 1. The molecular formula is C10H13N3O. The van der Waals surface area contributed by atoms with Gasteiger partial charge in [0.05, 0.1) is 18.8 Å². The summed E-state index contributed by atoms with van der Waals surface area (Å²) in [7, 11) is 0. The van der Waals surface area contributed by atoms with Gasteiger partial charge < -0.3 is 14.7 Å². The number of nitrogens with one attached hydrogen (secondary N) is 2. The molecule has 0 saturated carbocycles. The van der Waals surface area contributed by atoms with Crippen molar-refractivity contribution >= 4 is 0 Å². The predicted molar refractivity (Wildman–Crippen MR) is 52.6 cm³/mol. The Bertz CT molecular complexity index is 353. The summed E-state index contributed by atoms with van der Waals surface area (Å²) >= 11 is 0. The molecule has 0 saturated heterocycles. The molecule has 0 fully saturated rings. The fourth-order valence-corrected chi connectivity index (χ4v) is 1.28. The zero-order chi connectivity index (χ0) is 9.80. The van der Waals surface area contributed by atoms with E-state index in [2.05, 4.69) is 22.2 Å². The number of aromatic nitrogens is 2. The van der Waals surface area contributed by atoms with E-state index < -0.39 is 0 Å². The number of aromatic amines is 1. The second kappa shape index (κ2) is 4.11. The SMILES string of the molecule is C[C@H](NCc1ncc[nH]1)c1ccco1. The topological polar surface area (TPSA) is 53.9 Å². The van der Waals surface area contributed by atoms with E-state index in [0.29, 0.717) is 0 Å². The molecule has 0 aliphatic carbocycles. The summed E-state index contributed by atoms with van der Waals surface area (Å²) in [6, 6.07) is 4.05. The van der Waals surface area contributed by atoms with E-state index >= 15 is 0 Å². The first kappa shape index (κ1) is 9.02. The Morgan fingerprint density at radius 2 is 2.57 bits per heavy atom. The highest BCUT2D eigenvalue weighted by Gasteiger charge is 2.07. The van der Waals surface area contributed by atoms with Crippen molar-refractivity contribution in [3.8, 4) is 0 Å². The molecule has 0 radical (unpaired) electrons. The predicted octanol–water partition coefficient (Wildman–Crippen LogP) is 1.85. The summed E-state index contributed by atoms with van der Waals surface area (Å²) in [5, 5.41) is 3.30. The van der Waals surface area contributed by atoms with Gasteiger partial charge >= 0.3 is 0 Å². The second-order valence-electron chi connectivity index (χ2n) is 3.15. The fraction of sp³-hybridized carbons (Fsp3) is 0.300. The Hall–Kier alpha value is -1.55. The largest absolute Gasteiger partial charge is 0.468 e. The van der Waals surface area contributed by atoms with Gasteiger partial charge in [0.15, 0.2) is 0 Å². The lowest BCUT2D eigenvalue weighted by atomic mass is 10.2. The normalized spacial score (nSPS) is 12.9. The highest BCUT2D eigenvalue weighted by atomic mass is 16.3. The van der Waals surface area contributed by atoms with Crippen LogP contribution in [0.25, 0.3) is 0 Å². The van der Waals surface area contributed by atoms with Crippen molar-refractivity contribution in [1.82, 2.24) is 15.3 Å². The lowest BCUT2D eigenvalue weighted by Crippen LogP contribution is -2.18. The van der Waals surface area contributed by atoms with Crippen LogP contribution in [0.4, 0.5) is 0 Å². The number of rotatable bonds is 4. The minimum atomic E-state index is 0.204. The van der Waals surface area contributed by atoms with E-state index in [9.17, 15) is 0 Å². The van der Waals surface area contributed by atoms with Crippen molar-refractivity contribution in [2.24, 2.45) is 0 Å². The van der Waals surface area contributed by atoms with Crippen molar-refractivity contribution < 1.29 is 4.42 Å². The monoisotopic (exact) mass is 191 g/mol. The number of hydrogen-bond acceptors (Lipinski definition) is 3. The van der Waals surface area contributed by atoms with Crippen molar-refractivity contribution in [2.75, 3.05) is 0 Å². The van der Waals surface area contributed by atoms with Gasteiger partial charge in [-0.05, 0) is 19.1 Å². The van der Waals surface area contributed by atoms with Crippen LogP contribution in [0.15, 0.2) is 35.2 Å². The summed E-state index contributed by atoms with van der Waals surface area (Å²) < 4.78 is 5.27. The lowest BCUT2D eigenvalue weighted by Gasteiger charge is -2.09. The number of hydrogen-bond donors (Lipinski definition) is 2. The van der Waals surface area contributed by atoms with Crippen LogP contribution in [-0.2, 0) is 6.54 Å². The van der Waals surface area contributed by atoms with Gasteiger partial charge in [-0.3, -0.25) is 0 Å². The molecule has 2 heterocycles. The van der Waals surface area contributed by atoms with Crippen LogP contribution in [0.3, 0.4) is 0 Å². The maximum absolute atomic E-state index is 5.27. The molecule has 0 bridgehead atoms. The van der Waals surface area contributed by atoms with Gasteiger partial charge in [-0.1, -0.05) is 0 Å². The maximum atomic E-state index is 5.27. The van der Waals surface area contributed by atoms with Crippen molar-refractivity contribution in [2.45, 2.75) is 19.5 Å². The number of nitrogens with zero attached hydrogens (tertiary/aromatic N) is 1. The van der Waals surface area contributed by atoms with Gasteiger partial charge in [0.2, 0.25) is 0 Å². The highest BCUT2D eigenvalue weighted by Crippen LogP contribution is 2.12. The molecule has 2 rings (SSSR count). The minimum Gasteiger partial charge on any atom is -0.468 e. The molecule has 2 aromatic heterocycles. The molecule has 2 N–H and O–H groups in total. The molecule has 74 valence electrons. The molecule has 1 atom stereocenters. The Morgan fingerprint density at radius 3 is 3.21 bits per heavy atom. The van der Waals surface area contributed by atoms with Gasteiger partial charge in [0.1, 0.15) is 11.6 Å². The Labute approximate surface area is 82.4 Å². The van der Waals surface area contributed by atoms with E-state index in [1.54, 1.807) is 12.5 Å². The van der Waals surface area contributed by atoms with Crippen LogP contribution < -0.4 is 5.32 Å².